The average Bonchev–Trinajstić information content (AvgIpc) is 1.65. The number of nitrogens with zero attached hydrogens (tertiary/aromatic N) is 10. The highest BCUT2D eigenvalue weighted by Gasteiger charge is 2.44. The number of hydrogen-bond acceptors (Lipinski definition) is 15. The third-order valence-corrected chi connectivity index (χ3v) is 21.1. The van der Waals surface area contributed by atoms with E-state index in [1.807, 2.05) is 93.4 Å². The molecular formula is C76H78BrIN14O12. The molecule has 0 bridgehead atoms. The lowest BCUT2D eigenvalue weighted by Crippen LogP contribution is -2.52. The van der Waals surface area contributed by atoms with Gasteiger partial charge in [0.05, 0.1) is 9.77 Å². The Morgan fingerprint density at radius 1 is 0.423 bits per heavy atom. The maximum absolute atomic E-state index is 12.9. The van der Waals surface area contributed by atoms with Gasteiger partial charge in [-0.1, -0.05) is 77.0 Å². The van der Waals surface area contributed by atoms with Crippen molar-refractivity contribution in [3.8, 4) is 11.8 Å². The van der Waals surface area contributed by atoms with E-state index in [9.17, 15) is 57.5 Å². The van der Waals surface area contributed by atoms with Crippen LogP contribution in [0.2, 0.25) is 0 Å². The number of carbonyl (C=O) groups is 12. The molecule has 12 amide bonds. The second-order valence-electron chi connectivity index (χ2n) is 26.6. The van der Waals surface area contributed by atoms with E-state index in [2.05, 4.69) is 99.1 Å². The third-order valence-electron chi connectivity index (χ3n) is 19.8. The van der Waals surface area contributed by atoms with Crippen LogP contribution < -0.4 is 21.3 Å². The maximum Gasteiger partial charge on any atom is 0.255 e. The van der Waals surface area contributed by atoms with Gasteiger partial charge in [-0.15, -0.1) is 0 Å². The van der Waals surface area contributed by atoms with Gasteiger partial charge in [0.2, 0.25) is 47.3 Å². The number of piperidine rings is 4. The van der Waals surface area contributed by atoms with E-state index < -0.39 is 30.1 Å². The zero-order valence-corrected chi connectivity index (χ0v) is 60.9. The summed E-state index contributed by atoms with van der Waals surface area (Å²) < 4.78 is 7.80. The molecule has 4 aromatic carbocycles. The Kier molecular flexibility index (Phi) is 23.9. The van der Waals surface area contributed by atoms with Crippen molar-refractivity contribution in [1.82, 2.24) is 70.2 Å². The molecular weight excluding hydrogens is 1510 g/mol. The van der Waals surface area contributed by atoms with Crippen LogP contribution in [0.25, 0.3) is 0 Å². The lowest BCUT2D eigenvalue weighted by Gasteiger charge is -2.29. The second kappa shape index (κ2) is 33.9. The molecule has 8 aliphatic rings. The summed E-state index contributed by atoms with van der Waals surface area (Å²) in [6.45, 7) is 4.29. The summed E-state index contributed by atoms with van der Waals surface area (Å²) in [7, 11) is 0. The van der Waals surface area contributed by atoms with Crippen molar-refractivity contribution in [3.05, 3.63) is 191 Å². The Labute approximate surface area is 622 Å². The van der Waals surface area contributed by atoms with Crippen molar-refractivity contribution in [2.45, 2.75) is 186 Å². The highest BCUT2D eigenvalue weighted by atomic mass is 127. The number of rotatable bonds is 19. The number of imide groups is 4. The van der Waals surface area contributed by atoms with Crippen LogP contribution in [0.5, 0.6) is 0 Å². The number of nitrogens with one attached hydrogen (secondary N) is 4. The average molecular weight is 1590 g/mol. The first kappa shape index (κ1) is 73.5. The molecule has 4 unspecified atom stereocenters. The van der Waals surface area contributed by atoms with Crippen LogP contribution >= 0.6 is 38.5 Å². The largest absolute Gasteiger partial charge is 0.322 e. The number of hydrogen-bond donors (Lipinski definition) is 4. The Morgan fingerprint density at radius 3 is 1.21 bits per heavy atom. The molecule has 4 fully saturated rings. The first-order chi connectivity index (χ1) is 50.4. The molecule has 8 aliphatic heterocycles. The predicted octanol–water partition coefficient (Wildman–Crippen LogP) is 7.40. The van der Waals surface area contributed by atoms with E-state index in [1.54, 1.807) is 45.3 Å². The highest BCUT2D eigenvalue weighted by Crippen LogP contribution is 2.35. The summed E-state index contributed by atoms with van der Waals surface area (Å²) >= 11 is 5.68. The fourth-order valence-corrected chi connectivity index (χ4v) is 15.3. The zero-order chi connectivity index (χ0) is 73.0. The van der Waals surface area contributed by atoms with Gasteiger partial charge >= 0.3 is 0 Å². The van der Waals surface area contributed by atoms with Crippen LogP contribution in [0.15, 0.2) is 127 Å². The minimum Gasteiger partial charge on any atom is -0.322 e. The van der Waals surface area contributed by atoms with Crippen LogP contribution in [0, 0.1) is 15.4 Å². The molecule has 538 valence electrons. The normalized spacial score (nSPS) is 19.5. The van der Waals surface area contributed by atoms with Crippen molar-refractivity contribution >= 4 is 109 Å². The molecule has 0 radical (unpaired) electrons. The van der Waals surface area contributed by atoms with E-state index in [4.69, 9.17) is 0 Å². The minimum atomic E-state index is -0.604. The summed E-state index contributed by atoms with van der Waals surface area (Å²) in [4.78, 5) is 151. The molecule has 0 saturated carbocycles. The van der Waals surface area contributed by atoms with Gasteiger partial charge in [-0.3, -0.25) is 92.8 Å². The summed E-state index contributed by atoms with van der Waals surface area (Å²) in [6, 6.07) is 24.2. The maximum atomic E-state index is 12.9. The molecule has 7 aromatic rings. The van der Waals surface area contributed by atoms with Crippen molar-refractivity contribution in [1.29, 1.82) is 0 Å². The monoisotopic (exact) mass is 1580 g/mol. The fourth-order valence-electron chi connectivity index (χ4n) is 14.4. The van der Waals surface area contributed by atoms with Gasteiger partial charge in [0.25, 0.3) is 23.6 Å². The van der Waals surface area contributed by atoms with Gasteiger partial charge in [0.15, 0.2) is 0 Å². The number of amides is 12. The molecule has 104 heavy (non-hydrogen) atoms. The first-order valence-electron chi connectivity index (χ1n) is 35.2. The summed E-state index contributed by atoms with van der Waals surface area (Å²) in [5.41, 5.74) is 9.60. The number of unbranched alkanes of at least 4 members (excludes halogenated alkanes) is 5. The molecule has 28 heteroatoms. The number of halogens is 2. The summed E-state index contributed by atoms with van der Waals surface area (Å²) in [5, 5.41) is 22.0. The Bertz CT molecular complexity index is 4560. The van der Waals surface area contributed by atoms with Gasteiger partial charge in [-0.2, -0.15) is 15.3 Å². The van der Waals surface area contributed by atoms with E-state index in [0.29, 0.717) is 74.1 Å². The van der Waals surface area contributed by atoms with Gasteiger partial charge in [-0.25, -0.2) is 0 Å². The molecule has 4 N–H and O–H groups in total. The fraction of sp³-hybridized carbons (Fsp3) is 0.382. The molecule has 4 atom stereocenters. The smallest absolute Gasteiger partial charge is 0.255 e. The Morgan fingerprint density at radius 2 is 0.808 bits per heavy atom. The number of carbonyl (C=O) groups excluding carboxylic acids is 12. The van der Waals surface area contributed by atoms with Gasteiger partial charge in [-0.05, 0) is 175 Å². The number of benzene rings is 4. The van der Waals surface area contributed by atoms with Crippen LogP contribution in [-0.4, -0.2) is 144 Å². The second-order valence-corrected chi connectivity index (χ2v) is 28.7. The summed E-state index contributed by atoms with van der Waals surface area (Å²) in [5.74, 6) is 3.22. The first-order valence-corrected chi connectivity index (χ1v) is 37.1. The molecule has 0 aliphatic carbocycles. The molecule has 0 spiro atoms. The van der Waals surface area contributed by atoms with Crippen molar-refractivity contribution in [2.24, 2.45) is 0 Å². The SMILES string of the molecule is O=C1CCC(N2Cc3c(Br)cccc3C2=O)C(=O)N1.O=C1CCC(N2Cc3c(C#CCCCn4cccn4)cccc3C2=O)C(=O)N1.O=C1CCC(N2Cc3c(CCCCCn4cc(I)cn4)cccc3C2=O)C(=O)N1.O=C1CCC(N2Cc3c(CCCCCn4cccn4)cccc3C2=O)C(=O)N1. The third kappa shape index (κ3) is 17.3. The topological polar surface area (TPSA) is 319 Å². The van der Waals surface area contributed by atoms with Crippen LogP contribution in [-0.2, 0) is 97.0 Å². The van der Waals surface area contributed by atoms with Crippen LogP contribution in [0.3, 0.4) is 0 Å². The number of fused-ring (bicyclic) bond motifs is 4. The zero-order valence-electron chi connectivity index (χ0n) is 57.2. The number of aromatic nitrogens is 6. The van der Waals surface area contributed by atoms with Crippen molar-refractivity contribution in [2.75, 3.05) is 0 Å². The van der Waals surface area contributed by atoms with Crippen molar-refractivity contribution < 1.29 is 57.5 Å². The summed E-state index contributed by atoms with van der Waals surface area (Å²) in [6.07, 6.45) is 23.8. The predicted molar refractivity (Wildman–Crippen MR) is 388 cm³/mol. The molecule has 4 saturated heterocycles. The van der Waals surface area contributed by atoms with Crippen LogP contribution in [0.4, 0.5) is 0 Å². The quantitative estimate of drug-likeness (QED) is 0.0265. The van der Waals surface area contributed by atoms with E-state index in [-0.39, 0.29) is 90.7 Å². The van der Waals surface area contributed by atoms with Gasteiger partial charge < -0.3 is 19.6 Å². The van der Waals surface area contributed by atoms with Gasteiger partial charge in [0.1, 0.15) is 24.2 Å². The van der Waals surface area contributed by atoms with E-state index >= 15 is 0 Å². The van der Waals surface area contributed by atoms with Gasteiger partial charge in [0, 0.05) is 141 Å². The lowest BCUT2D eigenvalue weighted by atomic mass is 9.98. The lowest BCUT2D eigenvalue weighted by molar-refractivity contribution is -0.138. The van der Waals surface area contributed by atoms with Crippen molar-refractivity contribution in [3.63, 3.8) is 0 Å². The number of aryl methyl sites for hydroxylation is 5. The Balaban J connectivity index is 0.000000132. The van der Waals surface area contributed by atoms with E-state index in [0.717, 1.165) is 120 Å². The Hall–Kier alpha value is -10.3. The van der Waals surface area contributed by atoms with Crippen LogP contribution in [0.1, 0.15) is 183 Å². The van der Waals surface area contributed by atoms with E-state index in [1.165, 1.54) is 16.0 Å². The molecule has 11 heterocycles. The molecule has 3 aromatic heterocycles. The molecule has 26 nitrogen and oxygen atoms in total. The highest BCUT2D eigenvalue weighted by molar-refractivity contribution is 14.1. The standard InChI is InChI=1S/C21H23IN4O3.C21H24N4O3.C21H20N4O3.C13H11BrN2O3/c22-15-11-23-25(12-15)10-3-1-2-5-14-6-4-7-16-17(14)13-26(21(16)29)18-8-9-19(27)24-20(18)28;2*26-19-10-9-18(20(27)23-19)25-14-17-15(7-4-8-16(17)21(25)28)6-2-1-3-12-24-13-5-11-22-24;14-9-3-1-2-7-8(9)6-16(13(7)19)10-4-5-11(17)15-12(10)18/h4,6-7,11-12,18H,1-3,5,8-10,13H2,(H,24,27,28);4-5,7-8,11,13,18H,1-3,6,9-10,12,14H2,(H,23,26,27);4-5,7-8,11,13,18H,1,3,9-10,12,14H2,(H,23,26,27);1-3,10H,4-6H2,(H,15,17,18). The minimum absolute atomic E-state index is 0.106. The molecule has 15 rings (SSSR count).